The van der Waals surface area contributed by atoms with Gasteiger partial charge >= 0.3 is 0 Å². The van der Waals surface area contributed by atoms with E-state index in [2.05, 4.69) is 68.5 Å². The van der Waals surface area contributed by atoms with Gasteiger partial charge in [-0.15, -0.1) is 11.8 Å². The summed E-state index contributed by atoms with van der Waals surface area (Å²) in [4.78, 5) is 259. The van der Waals surface area contributed by atoms with Gasteiger partial charge in [-0.2, -0.15) is 0 Å². The van der Waals surface area contributed by atoms with E-state index in [1.807, 2.05) is 13.8 Å². The number of aliphatic hydroxyl groups excluding tert-OH is 4. The normalized spacial score (nSPS) is 25.0. The number of hydrogen-bond acceptors (Lipinski definition) is 24. The van der Waals surface area contributed by atoms with Gasteiger partial charge in [0.2, 0.25) is 100 Å². The number of guanidine groups is 1. The minimum atomic E-state index is -1.91. The number of para-hydroxylation sites is 2. The maximum absolute atomic E-state index is 15.8. The van der Waals surface area contributed by atoms with Crippen LogP contribution in [0.15, 0.2) is 85.2 Å². The molecule has 3 aliphatic rings. The van der Waals surface area contributed by atoms with E-state index in [4.69, 9.17) is 22.6 Å². The van der Waals surface area contributed by atoms with Crippen LogP contribution in [0.4, 0.5) is 0 Å². The van der Waals surface area contributed by atoms with E-state index in [1.54, 1.807) is 60.9 Å². The molecule has 3 fully saturated rings. The molecule has 2 aromatic heterocycles. The fourth-order valence-electron chi connectivity index (χ4n) is 16.1. The fourth-order valence-corrected chi connectivity index (χ4v) is 16.9. The SMILES string of the molecule is CCCC[C@H]1C(=O)N(C)[C@@H](CCCC)C(=O)N[C@@H](CCCNC(=N)N)C(=O)N[C@H](C(=O)NCC(N)=O)CSCC(=O)N[C@@H](Cc2ccc(O)cc2)C(=O)N(C)[C@@H](C)C(=O)N[C@H](CC(N)=O)C(=O)N2CCC[C@H]2C(=O)N[C@@H](CO)C(=O)N[C@@H](CCO)C(=O)N2C[C@H](O)C[C@H]2C(=O)N[C@@H](Cc2c[nH]c3ccccc23)C(=O)N[C@@H](CCO)C(=O)N[C@@H](Cc2c[nH]c3ccccc23)C(=O)N1C. The molecule has 5 heterocycles. The number of hydrogen-bond donors (Lipinski definition) is 22. The highest BCUT2D eigenvalue weighted by Crippen LogP contribution is 2.28. The van der Waals surface area contributed by atoms with Crippen LogP contribution >= 0.6 is 11.8 Å². The summed E-state index contributed by atoms with van der Waals surface area (Å²) in [5.41, 5.74) is 19.3. The number of nitrogens with zero attached hydrogens (tertiary/aromatic N) is 5. The molecule has 0 saturated carbocycles. The maximum Gasteiger partial charge on any atom is 0.246 e. The molecule has 25 N–H and O–H groups in total. The number of rotatable bonds is 26. The van der Waals surface area contributed by atoms with Crippen molar-refractivity contribution in [3.05, 3.63) is 102 Å². The van der Waals surface area contributed by atoms with Crippen LogP contribution in [0.25, 0.3) is 21.8 Å². The Balaban J connectivity index is 1.19. The number of nitrogens with one attached hydrogen (secondary N) is 14. The topological polar surface area (TPSA) is 673 Å². The number of phenolic OH excluding ortho intramolecular Hbond substituents is 1. The number of benzene rings is 3. The summed E-state index contributed by atoms with van der Waals surface area (Å²) >= 11 is 0.747. The second kappa shape index (κ2) is 50.4. The Hall–Kier alpha value is -13.0. The Labute approximate surface area is 765 Å². The van der Waals surface area contributed by atoms with Gasteiger partial charge in [-0.05, 0) is 99.2 Å². The highest BCUT2D eigenvalue weighted by atomic mass is 32.2. The van der Waals surface area contributed by atoms with Gasteiger partial charge in [-0.1, -0.05) is 88.1 Å². The number of fused-ring (bicyclic) bond motifs is 4. The van der Waals surface area contributed by atoms with E-state index in [0.717, 1.165) is 36.3 Å². The molecule has 15 atom stereocenters. The Kier molecular flexibility index (Phi) is 39.9. The Morgan fingerprint density at radius 2 is 1.02 bits per heavy atom. The van der Waals surface area contributed by atoms with Crippen LogP contribution in [0.2, 0.25) is 0 Å². The van der Waals surface area contributed by atoms with E-state index < -0.39 is 267 Å². The van der Waals surface area contributed by atoms with Crippen molar-refractivity contribution in [2.45, 2.75) is 221 Å². The second-order valence-corrected chi connectivity index (χ2v) is 34.1. The highest BCUT2D eigenvalue weighted by molar-refractivity contribution is 8.00. The predicted octanol–water partition coefficient (Wildman–Crippen LogP) is -5.18. The summed E-state index contributed by atoms with van der Waals surface area (Å²) < 4.78 is 0. The summed E-state index contributed by atoms with van der Waals surface area (Å²) in [6.45, 7) is 0.720. The molecule has 44 nitrogen and oxygen atoms in total. The van der Waals surface area contributed by atoms with E-state index in [0.29, 0.717) is 64.2 Å². The van der Waals surface area contributed by atoms with Crippen molar-refractivity contribution in [1.29, 1.82) is 5.41 Å². The van der Waals surface area contributed by atoms with Crippen molar-refractivity contribution >= 4 is 140 Å². The summed E-state index contributed by atoms with van der Waals surface area (Å²) in [6, 6.07) is -3.14. The van der Waals surface area contributed by atoms with Gasteiger partial charge in [0.1, 0.15) is 90.3 Å². The molecule has 5 aromatic rings. The quantitative estimate of drug-likeness (QED) is 0.0140. The molecule has 3 aromatic carbocycles. The molecule has 3 saturated heterocycles. The molecule has 3 aliphatic heterocycles. The van der Waals surface area contributed by atoms with E-state index in [1.165, 1.54) is 52.3 Å². The van der Waals surface area contributed by atoms with Gasteiger partial charge in [0.15, 0.2) is 5.96 Å². The largest absolute Gasteiger partial charge is 0.508 e. The molecule has 17 amide bonds. The summed E-state index contributed by atoms with van der Waals surface area (Å²) in [5.74, 6) is -18.5. The molecule has 132 heavy (non-hydrogen) atoms. The van der Waals surface area contributed by atoms with Gasteiger partial charge in [0.25, 0.3) is 0 Å². The minimum Gasteiger partial charge on any atom is -0.508 e. The van der Waals surface area contributed by atoms with Crippen molar-refractivity contribution in [3.8, 4) is 5.75 Å². The van der Waals surface area contributed by atoms with Crippen molar-refractivity contribution in [1.82, 2.24) is 93.0 Å². The first-order valence-electron chi connectivity index (χ1n) is 43.9. The van der Waals surface area contributed by atoms with Gasteiger partial charge in [-0.3, -0.25) is 86.9 Å². The maximum atomic E-state index is 15.8. The number of H-pyrrole nitrogens is 2. The Morgan fingerprint density at radius 3 is 1.62 bits per heavy atom. The number of aromatic amines is 2. The molecule has 45 heteroatoms. The average molecular weight is 1860 g/mol. The van der Waals surface area contributed by atoms with Crippen LogP contribution in [0.3, 0.4) is 0 Å². The number of primary amides is 2. The van der Waals surface area contributed by atoms with E-state index in [9.17, 15) is 78.3 Å². The lowest BCUT2D eigenvalue weighted by Gasteiger charge is -2.36. The average Bonchev–Trinajstić information content (AvgIpc) is 1.61. The lowest BCUT2D eigenvalue weighted by Crippen LogP contribution is -2.61. The zero-order valence-electron chi connectivity index (χ0n) is 74.7. The van der Waals surface area contributed by atoms with Crippen molar-refractivity contribution in [2.24, 2.45) is 17.2 Å². The summed E-state index contributed by atoms with van der Waals surface area (Å²) in [5, 5.41) is 90.6. The van der Waals surface area contributed by atoms with Gasteiger partial charge in [0, 0.05) is 120 Å². The molecule has 0 radical (unpaired) electrons. The van der Waals surface area contributed by atoms with Crippen LogP contribution in [-0.4, -0.2) is 336 Å². The third-order valence-electron chi connectivity index (χ3n) is 23.5. The standard InChI is InChI=1S/C87H124N22O22S/c1-7-9-22-66-79(124)98-57(21-15-31-92-87(90)91)75(120)104-65(74(119)95-42-71(89)116)45-132-46-72(117)96-61(35-48-25-27-51(113)28-26-48)82(127)105(4)47(3)73(118)101-63(39-70(88)115)85(130)108-32-16-24-67(108)80(125)103-64(44-112)78(123)99-59(30-34-111)84(129)109-43-52(114)38-69(109)81(126)100-60(36-49-40-93-55-19-13-11-17-53(49)55)77(122)97-58(29-33-110)76(121)102-62(37-50-41-94-56-20-14-12-18-54(50)56)83(128)107(6)68(23-10-8-2)86(131)106(66)5/h11-14,17-20,25-28,40-41,47,52,57-69,93-94,110-114H,7-10,15-16,21-24,29-39,42-46H2,1-6H3,(H2,88,115)(H2,89,116)(H,95,119)(H,96,117)(H,97,122)(H,98,124)(H,99,123)(H,100,126)(H,101,118)(H,102,121)(H,103,125)(H,104,120)(H4,90,91,92)/t47-,52+,57-,58-,59-,60-,61-,62-,63+,64-,65-,66-,67-,68-,69-/m0/s1. The third kappa shape index (κ3) is 29.0. The van der Waals surface area contributed by atoms with E-state index in [-0.39, 0.29) is 76.6 Å². The number of amides is 17. The number of unbranched alkanes of at least 4 members (excludes halogenated alkanes) is 2. The van der Waals surface area contributed by atoms with Crippen molar-refractivity contribution in [3.63, 3.8) is 0 Å². The lowest BCUT2D eigenvalue weighted by atomic mass is 9.99. The first-order valence-corrected chi connectivity index (χ1v) is 45.1. The molecule has 0 aliphatic carbocycles. The molecular formula is C87H124N22O22S. The van der Waals surface area contributed by atoms with Crippen molar-refractivity contribution < 1.29 is 107 Å². The monoisotopic (exact) mass is 1860 g/mol. The number of carbonyl (C=O) groups excluding carboxylic acids is 17. The van der Waals surface area contributed by atoms with Crippen molar-refractivity contribution in [2.75, 3.05) is 78.6 Å². The summed E-state index contributed by atoms with van der Waals surface area (Å²) in [7, 11) is 3.86. The Morgan fingerprint density at radius 1 is 0.508 bits per heavy atom. The molecule has 720 valence electrons. The number of nitrogens with two attached hydrogens (primary N) is 3. The first kappa shape index (κ1) is 104. The number of aliphatic hydroxyl groups is 4. The molecule has 0 bridgehead atoms. The fraction of sp³-hybridized carbons (Fsp3) is 0.540. The number of aromatic nitrogens is 2. The molecule has 0 spiro atoms. The summed E-state index contributed by atoms with van der Waals surface area (Å²) in [6.07, 6.45) is -0.117. The lowest BCUT2D eigenvalue weighted by molar-refractivity contribution is -0.149. The van der Waals surface area contributed by atoms with Crippen LogP contribution in [0.5, 0.6) is 5.75 Å². The molecular weight excluding hydrogens is 1740 g/mol. The van der Waals surface area contributed by atoms with Crippen LogP contribution in [-0.2, 0) is 101 Å². The van der Waals surface area contributed by atoms with Gasteiger partial charge in [-0.25, -0.2) is 0 Å². The van der Waals surface area contributed by atoms with E-state index >= 15 is 28.8 Å². The highest BCUT2D eigenvalue weighted by Gasteiger charge is 2.47. The second-order valence-electron chi connectivity index (χ2n) is 33.1. The number of carbonyl (C=O) groups is 17. The molecule has 8 rings (SSSR count). The smallest absolute Gasteiger partial charge is 0.246 e. The minimum absolute atomic E-state index is 0.0172. The number of phenols is 1. The number of likely N-dealkylation sites (N-methyl/N-ethyl adjacent to an activating group) is 3. The Bertz CT molecular complexity index is 4940. The number of aromatic hydroxyl groups is 1. The number of thioether (sulfide) groups is 1. The molecule has 0 unspecified atom stereocenters. The zero-order valence-corrected chi connectivity index (χ0v) is 75.5. The third-order valence-corrected chi connectivity index (χ3v) is 24.5. The van der Waals surface area contributed by atoms with Crippen LogP contribution in [0, 0.1) is 5.41 Å². The van der Waals surface area contributed by atoms with Gasteiger partial charge in [0.05, 0.1) is 31.4 Å². The van der Waals surface area contributed by atoms with Crippen LogP contribution in [0.1, 0.15) is 127 Å². The van der Waals surface area contributed by atoms with Gasteiger partial charge < -0.3 is 136 Å². The van der Waals surface area contributed by atoms with Crippen LogP contribution < -0.4 is 75.7 Å². The first-order chi connectivity index (χ1) is 62.9. The predicted molar refractivity (Wildman–Crippen MR) is 481 cm³/mol. The zero-order chi connectivity index (χ0) is 96.7.